The van der Waals surface area contributed by atoms with E-state index >= 15 is 0 Å². The predicted octanol–water partition coefficient (Wildman–Crippen LogP) is 1.27. The normalized spacial score (nSPS) is 12.5. The lowest BCUT2D eigenvalue weighted by molar-refractivity contribution is 0.576. The van der Waals surface area contributed by atoms with E-state index in [2.05, 4.69) is 16.9 Å². The van der Waals surface area contributed by atoms with Gasteiger partial charge in [-0.1, -0.05) is 0 Å². The molecule has 0 radical (unpaired) electrons. The average Bonchev–Trinajstić information content (AvgIpc) is 2.01. The van der Waals surface area contributed by atoms with Crippen molar-refractivity contribution in [2.45, 2.75) is 13.8 Å². The van der Waals surface area contributed by atoms with Crippen LogP contribution in [0.1, 0.15) is 13.8 Å². The first kappa shape index (κ1) is 11.4. The maximum atomic E-state index is 12.4. The molecule has 0 aliphatic rings. The molecule has 0 fully saturated rings. The molecule has 0 bridgehead atoms. The van der Waals surface area contributed by atoms with E-state index in [1.807, 2.05) is 0 Å². The van der Waals surface area contributed by atoms with Crippen LogP contribution in [-0.2, 0) is 0 Å². The first-order valence-electron chi connectivity index (χ1n) is 3.64. The Morgan fingerprint density at radius 3 is 2.54 bits per heavy atom. The number of allylic oxidation sites excluding steroid dienone is 1. The van der Waals surface area contributed by atoms with Crippen molar-refractivity contribution in [3.8, 4) is 0 Å². The summed E-state index contributed by atoms with van der Waals surface area (Å²) in [6.07, 6.45) is 1.45. The number of nitrogens with one attached hydrogen (secondary N) is 2. The van der Waals surface area contributed by atoms with Gasteiger partial charge in [-0.2, -0.15) is 4.39 Å². The van der Waals surface area contributed by atoms with Crippen molar-refractivity contribution in [3.63, 3.8) is 0 Å². The van der Waals surface area contributed by atoms with Crippen molar-refractivity contribution in [1.29, 1.82) is 5.41 Å². The Morgan fingerprint density at radius 1 is 1.69 bits per heavy atom. The maximum absolute atomic E-state index is 12.4. The summed E-state index contributed by atoms with van der Waals surface area (Å²) in [5, 5.41) is 9.42. The summed E-state index contributed by atoms with van der Waals surface area (Å²) in [4.78, 5) is 3.76. The molecule has 5 heteroatoms. The SMILES string of the molecule is C=C(F)NC(/N=C\C)=C(\N)C(C)=N. The molecule has 0 amide bonds. The highest BCUT2D eigenvalue weighted by Gasteiger charge is 2.04. The summed E-state index contributed by atoms with van der Waals surface area (Å²) >= 11 is 0. The number of aliphatic imine (C=N–C) groups is 1. The van der Waals surface area contributed by atoms with E-state index in [0.29, 0.717) is 0 Å². The highest BCUT2D eigenvalue weighted by molar-refractivity contribution is 5.95. The van der Waals surface area contributed by atoms with Crippen LogP contribution < -0.4 is 11.1 Å². The molecular formula is C8H13FN4. The Bertz CT molecular complexity index is 278. The fourth-order valence-corrected chi connectivity index (χ4v) is 0.604. The average molecular weight is 184 g/mol. The number of hydrogen-bond donors (Lipinski definition) is 3. The van der Waals surface area contributed by atoms with E-state index in [1.54, 1.807) is 6.92 Å². The topological polar surface area (TPSA) is 74.3 Å². The molecule has 0 saturated carbocycles. The molecule has 4 nitrogen and oxygen atoms in total. The zero-order chi connectivity index (χ0) is 10.4. The summed E-state index contributed by atoms with van der Waals surface area (Å²) < 4.78 is 12.4. The Kier molecular flexibility index (Phi) is 4.43. The molecule has 13 heavy (non-hydrogen) atoms. The van der Waals surface area contributed by atoms with Crippen LogP contribution in [-0.4, -0.2) is 11.9 Å². The van der Waals surface area contributed by atoms with Crippen LogP contribution in [0.15, 0.2) is 29.0 Å². The highest BCUT2D eigenvalue weighted by atomic mass is 19.1. The molecule has 0 saturated heterocycles. The molecule has 0 heterocycles. The molecule has 0 aliphatic carbocycles. The van der Waals surface area contributed by atoms with Gasteiger partial charge in [-0.25, -0.2) is 4.99 Å². The fourth-order valence-electron chi connectivity index (χ4n) is 0.604. The molecule has 0 aromatic carbocycles. The highest BCUT2D eigenvalue weighted by Crippen LogP contribution is 2.01. The van der Waals surface area contributed by atoms with Gasteiger partial charge in [0.15, 0.2) is 11.8 Å². The Balaban J connectivity index is 4.87. The fraction of sp³-hybridized carbons (Fsp3) is 0.250. The van der Waals surface area contributed by atoms with Crippen LogP contribution in [0.2, 0.25) is 0 Å². The van der Waals surface area contributed by atoms with E-state index in [9.17, 15) is 4.39 Å². The second kappa shape index (κ2) is 5.08. The van der Waals surface area contributed by atoms with E-state index < -0.39 is 5.95 Å². The molecular weight excluding hydrogens is 171 g/mol. The van der Waals surface area contributed by atoms with Crippen LogP contribution >= 0.6 is 0 Å². The molecule has 0 aromatic heterocycles. The summed E-state index contributed by atoms with van der Waals surface area (Å²) in [7, 11) is 0. The van der Waals surface area contributed by atoms with Gasteiger partial charge in [0.05, 0.1) is 11.4 Å². The van der Waals surface area contributed by atoms with Crippen molar-refractivity contribution in [2.24, 2.45) is 10.7 Å². The summed E-state index contributed by atoms with van der Waals surface area (Å²) in [6, 6.07) is 0. The van der Waals surface area contributed by atoms with E-state index in [4.69, 9.17) is 11.1 Å². The maximum Gasteiger partial charge on any atom is 0.185 e. The second-order valence-corrected chi connectivity index (χ2v) is 2.30. The predicted molar refractivity (Wildman–Crippen MR) is 52.2 cm³/mol. The summed E-state index contributed by atoms with van der Waals surface area (Å²) in [5.74, 6) is -0.660. The largest absolute Gasteiger partial charge is 0.394 e. The van der Waals surface area contributed by atoms with E-state index in [1.165, 1.54) is 13.1 Å². The van der Waals surface area contributed by atoms with E-state index in [0.717, 1.165) is 0 Å². The zero-order valence-corrected chi connectivity index (χ0v) is 7.69. The third-order valence-corrected chi connectivity index (χ3v) is 1.17. The molecule has 72 valence electrons. The van der Waals surface area contributed by atoms with E-state index in [-0.39, 0.29) is 17.2 Å². The number of nitrogens with two attached hydrogens (primary N) is 1. The number of halogens is 1. The molecule has 4 N–H and O–H groups in total. The third kappa shape index (κ3) is 4.05. The molecule has 0 aliphatic heterocycles. The minimum Gasteiger partial charge on any atom is -0.394 e. The van der Waals surface area contributed by atoms with Crippen molar-refractivity contribution in [1.82, 2.24) is 5.32 Å². The van der Waals surface area contributed by atoms with Crippen molar-refractivity contribution in [3.05, 3.63) is 24.0 Å². The van der Waals surface area contributed by atoms with Gasteiger partial charge < -0.3 is 16.5 Å². The van der Waals surface area contributed by atoms with Crippen LogP contribution in [0, 0.1) is 5.41 Å². The van der Waals surface area contributed by atoms with Crippen LogP contribution in [0.3, 0.4) is 0 Å². The minimum absolute atomic E-state index is 0.0944. The first-order valence-corrected chi connectivity index (χ1v) is 3.64. The van der Waals surface area contributed by atoms with Crippen LogP contribution in [0.4, 0.5) is 4.39 Å². The molecule has 0 unspecified atom stereocenters. The van der Waals surface area contributed by atoms with Gasteiger partial charge in [0, 0.05) is 6.21 Å². The standard InChI is InChI=1S/C8H13FN4/c1-4-12-8(13-6(3)9)7(11)5(2)10/h4,10,13H,3,11H2,1-2H3/b8-7-,10-5?,12-4-. The third-order valence-electron chi connectivity index (χ3n) is 1.17. The zero-order valence-electron chi connectivity index (χ0n) is 7.69. The van der Waals surface area contributed by atoms with Gasteiger partial charge >= 0.3 is 0 Å². The quantitative estimate of drug-likeness (QED) is 0.454. The number of rotatable bonds is 4. The smallest absolute Gasteiger partial charge is 0.185 e. The van der Waals surface area contributed by atoms with Gasteiger partial charge in [-0.15, -0.1) is 0 Å². The summed E-state index contributed by atoms with van der Waals surface area (Å²) in [6.45, 7) is 6.16. The van der Waals surface area contributed by atoms with Crippen LogP contribution in [0.25, 0.3) is 0 Å². The Hall–Kier alpha value is -1.65. The van der Waals surface area contributed by atoms with Crippen molar-refractivity contribution in [2.75, 3.05) is 0 Å². The Labute approximate surface area is 76.6 Å². The van der Waals surface area contributed by atoms with Gasteiger partial charge in [0.25, 0.3) is 0 Å². The second-order valence-electron chi connectivity index (χ2n) is 2.30. The van der Waals surface area contributed by atoms with Crippen molar-refractivity contribution >= 4 is 11.9 Å². The number of nitrogens with zero attached hydrogens (tertiary/aromatic N) is 1. The Morgan fingerprint density at radius 2 is 2.23 bits per heavy atom. The lowest BCUT2D eigenvalue weighted by Crippen LogP contribution is -2.18. The van der Waals surface area contributed by atoms with Crippen molar-refractivity contribution < 1.29 is 4.39 Å². The minimum atomic E-state index is -0.759. The van der Waals surface area contributed by atoms with Gasteiger partial charge in [-0.05, 0) is 20.4 Å². The lowest BCUT2D eigenvalue weighted by Gasteiger charge is -2.06. The number of hydrogen-bond acceptors (Lipinski definition) is 4. The van der Waals surface area contributed by atoms with Gasteiger partial charge in [0.1, 0.15) is 0 Å². The monoisotopic (exact) mass is 184 g/mol. The van der Waals surface area contributed by atoms with Crippen LogP contribution in [0.5, 0.6) is 0 Å². The first-order chi connectivity index (χ1) is 5.99. The lowest BCUT2D eigenvalue weighted by atomic mass is 10.3. The molecule has 0 spiro atoms. The molecule has 0 aromatic rings. The van der Waals surface area contributed by atoms with Gasteiger partial charge in [0.2, 0.25) is 0 Å². The van der Waals surface area contributed by atoms with Gasteiger partial charge in [-0.3, -0.25) is 0 Å². The molecule has 0 atom stereocenters. The summed E-state index contributed by atoms with van der Waals surface area (Å²) in [5.41, 5.74) is 5.68. The molecule has 0 rings (SSSR count).